The van der Waals surface area contributed by atoms with Crippen molar-refractivity contribution in [2.45, 2.75) is 12.5 Å². The number of hydrogen-bond acceptors (Lipinski definition) is 3. The van der Waals surface area contributed by atoms with Crippen LogP contribution in [0, 0.1) is 0 Å². The number of hydrogen-bond donors (Lipinski definition) is 1. The lowest BCUT2D eigenvalue weighted by Crippen LogP contribution is -2.35. The summed E-state index contributed by atoms with van der Waals surface area (Å²) in [6.45, 7) is 0.571. The third-order valence-electron chi connectivity index (χ3n) is 3.48. The number of para-hydroxylation sites is 1. The van der Waals surface area contributed by atoms with Gasteiger partial charge in [0.2, 0.25) is 0 Å². The summed E-state index contributed by atoms with van der Waals surface area (Å²) in [7, 11) is 0. The highest BCUT2D eigenvalue weighted by Gasteiger charge is 2.22. The highest BCUT2D eigenvalue weighted by Crippen LogP contribution is 2.31. The lowest BCUT2D eigenvalue weighted by Gasteiger charge is -2.26. The van der Waals surface area contributed by atoms with E-state index in [1.807, 2.05) is 24.3 Å². The van der Waals surface area contributed by atoms with Crippen LogP contribution in [-0.2, 0) is 4.79 Å². The highest BCUT2D eigenvalue weighted by molar-refractivity contribution is 6.30. The van der Waals surface area contributed by atoms with Crippen LogP contribution >= 0.6 is 11.6 Å². The molecule has 1 N–H and O–H groups in total. The molecule has 5 heteroatoms. The van der Waals surface area contributed by atoms with Gasteiger partial charge in [-0.05, 0) is 30.3 Å². The number of benzene rings is 2. The lowest BCUT2D eigenvalue weighted by molar-refractivity contribution is -0.124. The SMILES string of the molecule is O=C(COc1ccc(Cl)cc1)NC1CCOc2ccccc21. The largest absolute Gasteiger partial charge is 0.493 e. The molecule has 1 atom stereocenters. The number of ether oxygens (including phenoxy) is 2. The minimum atomic E-state index is -0.156. The Balaban J connectivity index is 1.57. The summed E-state index contributed by atoms with van der Waals surface area (Å²) in [5.41, 5.74) is 1.01. The molecule has 3 rings (SSSR count). The van der Waals surface area contributed by atoms with Crippen LogP contribution in [0.4, 0.5) is 0 Å². The fourth-order valence-corrected chi connectivity index (χ4v) is 2.53. The zero-order valence-electron chi connectivity index (χ0n) is 11.9. The van der Waals surface area contributed by atoms with Gasteiger partial charge in [0.15, 0.2) is 6.61 Å². The van der Waals surface area contributed by atoms with Crippen LogP contribution in [0.3, 0.4) is 0 Å². The molecule has 0 aliphatic carbocycles. The number of carbonyl (C=O) groups excluding carboxylic acids is 1. The van der Waals surface area contributed by atoms with Crippen LogP contribution in [0.25, 0.3) is 0 Å². The first kappa shape index (κ1) is 14.7. The van der Waals surface area contributed by atoms with E-state index in [2.05, 4.69) is 5.32 Å². The first-order chi connectivity index (χ1) is 10.7. The summed E-state index contributed by atoms with van der Waals surface area (Å²) in [5.74, 6) is 1.29. The summed E-state index contributed by atoms with van der Waals surface area (Å²) in [6.07, 6.45) is 0.754. The molecule has 1 heterocycles. The van der Waals surface area contributed by atoms with E-state index < -0.39 is 0 Å². The molecular formula is C17H16ClNO3. The first-order valence-corrected chi connectivity index (χ1v) is 7.49. The molecule has 0 bridgehead atoms. The number of nitrogens with one attached hydrogen (secondary N) is 1. The van der Waals surface area contributed by atoms with Crippen molar-refractivity contribution in [1.29, 1.82) is 0 Å². The van der Waals surface area contributed by atoms with Gasteiger partial charge in [-0.2, -0.15) is 0 Å². The molecule has 1 aliphatic heterocycles. The Hall–Kier alpha value is -2.20. The van der Waals surface area contributed by atoms with Gasteiger partial charge < -0.3 is 14.8 Å². The fraction of sp³-hybridized carbons (Fsp3) is 0.235. The first-order valence-electron chi connectivity index (χ1n) is 7.12. The fourth-order valence-electron chi connectivity index (χ4n) is 2.41. The third-order valence-corrected chi connectivity index (χ3v) is 3.73. The molecule has 1 amide bonds. The second-order valence-corrected chi connectivity index (χ2v) is 5.47. The maximum Gasteiger partial charge on any atom is 0.258 e. The van der Waals surface area contributed by atoms with Gasteiger partial charge in [-0.25, -0.2) is 0 Å². The zero-order valence-corrected chi connectivity index (χ0v) is 12.7. The number of rotatable bonds is 4. The molecular weight excluding hydrogens is 302 g/mol. The van der Waals surface area contributed by atoms with Gasteiger partial charge in [0.1, 0.15) is 11.5 Å². The van der Waals surface area contributed by atoms with Gasteiger partial charge in [0, 0.05) is 17.0 Å². The number of fused-ring (bicyclic) bond motifs is 1. The number of amides is 1. The van der Waals surface area contributed by atoms with E-state index in [4.69, 9.17) is 21.1 Å². The van der Waals surface area contributed by atoms with Crippen LogP contribution in [0.5, 0.6) is 11.5 Å². The molecule has 114 valence electrons. The van der Waals surface area contributed by atoms with Gasteiger partial charge in [-0.15, -0.1) is 0 Å². The van der Waals surface area contributed by atoms with E-state index in [1.165, 1.54) is 0 Å². The molecule has 0 saturated heterocycles. The molecule has 0 spiro atoms. The predicted octanol–water partition coefficient (Wildman–Crippen LogP) is 3.36. The second kappa shape index (κ2) is 6.71. The van der Waals surface area contributed by atoms with Gasteiger partial charge in [0.05, 0.1) is 12.6 Å². The van der Waals surface area contributed by atoms with E-state index in [1.54, 1.807) is 24.3 Å². The summed E-state index contributed by atoms with van der Waals surface area (Å²) >= 11 is 5.80. The molecule has 2 aromatic carbocycles. The molecule has 2 aromatic rings. The van der Waals surface area contributed by atoms with E-state index in [9.17, 15) is 4.79 Å². The Kier molecular flexibility index (Phi) is 4.49. The predicted molar refractivity (Wildman–Crippen MR) is 84.4 cm³/mol. The number of halogens is 1. The quantitative estimate of drug-likeness (QED) is 0.940. The van der Waals surface area contributed by atoms with Crippen molar-refractivity contribution in [2.75, 3.05) is 13.2 Å². The summed E-state index contributed by atoms with van der Waals surface area (Å²) in [5, 5.41) is 3.62. The van der Waals surface area contributed by atoms with E-state index >= 15 is 0 Å². The standard InChI is InChI=1S/C17H16ClNO3/c18-12-5-7-13(8-6-12)22-11-17(20)19-15-9-10-21-16-4-2-1-3-14(15)16/h1-8,15H,9-11H2,(H,19,20). The Bertz CT molecular complexity index is 657. The minimum absolute atomic E-state index is 0.0266. The van der Waals surface area contributed by atoms with Gasteiger partial charge >= 0.3 is 0 Å². The van der Waals surface area contributed by atoms with Crippen molar-refractivity contribution >= 4 is 17.5 Å². The maximum absolute atomic E-state index is 12.1. The smallest absolute Gasteiger partial charge is 0.258 e. The number of carbonyl (C=O) groups is 1. The maximum atomic E-state index is 12.1. The van der Waals surface area contributed by atoms with E-state index in [0.717, 1.165) is 17.7 Å². The lowest BCUT2D eigenvalue weighted by atomic mass is 10.0. The average molecular weight is 318 g/mol. The van der Waals surface area contributed by atoms with Crippen LogP contribution in [0.15, 0.2) is 48.5 Å². The Morgan fingerprint density at radius 1 is 1.23 bits per heavy atom. The molecule has 0 fully saturated rings. The van der Waals surface area contributed by atoms with Crippen molar-refractivity contribution in [3.05, 3.63) is 59.1 Å². The molecule has 1 unspecified atom stereocenters. The van der Waals surface area contributed by atoms with Crippen molar-refractivity contribution in [3.63, 3.8) is 0 Å². The summed E-state index contributed by atoms with van der Waals surface area (Å²) in [6, 6.07) is 14.6. The molecule has 0 saturated carbocycles. The highest BCUT2D eigenvalue weighted by atomic mass is 35.5. The molecule has 1 aliphatic rings. The van der Waals surface area contributed by atoms with Gasteiger partial charge in [0.25, 0.3) is 5.91 Å². The third kappa shape index (κ3) is 3.52. The molecule has 4 nitrogen and oxygen atoms in total. The Labute approximate surface area is 134 Å². The molecule has 0 radical (unpaired) electrons. The van der Waals surface area contributed by atoms with Crippen molar-refractivity contribution in [1.82, 2.24) is 5.32 Å². The van der Waals surface area contributed by atoms with Crippen LogP contribution in [-0.4, -0.2) is 19.1 Å². The van der Waals surface area contributed by atoms with Crippen LogP contribution in [0.2, 0.25) is 5.02 Å². The minimum Gasteiger partial charge on any atom is -0.493 e. The normalized spacial score (nSPS) is 16.3. The van der Waals surface area contributed by atoms with Gasteiger partial charge in [-0.3, -0.25) is 4.79 Å². The summed E-state index contributed by atoms with van der Waals surface area (Å²) < 4.78 is 11.0. The topological polar surface area (TPSA) is 47.6 Å². The molecule has 0 aromatic heterocycles. The molecule has 22 heavy (non-hydrogen) atoms. The van der Waals surface area contributed by atoms with E-state index in [0.29, 0.717) is 17.4 Å². The summed E-state index contributed by atoms with van der Waals surface area (Å²) in [4.78, 5) is 12.1. The second-order valence-electron chi connectivity index (χ2n) is 5.04. The Morgan fingerprint density at radius 2 is 2.00 bits per heavy atom. The zero-order chi connectivity index (χ0) is 15.4. The average Bonchev–Trinajstić information content (AvgIpc) is 2.55. The van der Waals surface area contributed by atoms with Crippen molar-refractivity contribution in [3.8, 4) is 11.5 Å². The van der Waals surface area contributed by atoms with Crippen LogP contribution < -0.4 is 14.8 Å². The van der Waals surface area contributed by atoms with Crippen molar-refractivity contribution < 1.29 is 14.3 Å². The Morgan fingerprint density at radius 3 is 2.82 bits per heavy atom. The monoisotopic (exact) mass is 317 g/mol. The van der Waals surface area contributed by atoms with Crippen LogP contribution in [0.1, 0.15) is 18.0 Å². The van der Waals surface area contributed by atoms with E-state index in [-0.39, 0.29) is 18.6 Å². The van der Waals surface area contributed by atoms with Crippen molar-refractivity contribution in [2.24, 2.45) is 0 Å². The van der Waals surface area contributed by atoms with Gasteiger partial charge in [-0.1, -0.05) is 29.8 Å².